The highest BCUT2D eigenvalue weighted by Crippen LogP contribution is 2.31. The Morgan fingerprint density at radius 1 is 1.38 bits per heavy atom. The van der Waals surface area contributed by atoms with E-state index in [-0.39, 0.29) is 5.41 Å². The fourth-order valence-electron chi connectivity index (χ4n) is 1.55. The van der Waals surface area contributed by atoms with Crippen LogP contribution in [0.4, 0.5) is 0 Å². The van der Waals surface area contributed by atoms with Crippen molar-refractivity contribution in [2.24, 2.45) is 12.5 Å². The maximum atomic E-state index is 5.97. The van der Waals surface area contributed by atoms with Crippen molar-refractivity contribution >= 4 is 39.1 Å². The Morgan fingerprint density at radius 3 is 2.31 bits per heavy atom. The van der Waals surface area contributed by atoms with Gasteiger partial charge >= 0.3 is 0 Å². The van der Waals surface area contributed by atoms with Crippen LogP contribution in [0, 0.1) is 5.41 Å². The summed E-state index contributed by atoms with van der Waals surface area (Å²) in [5.74, 6) is 1.10. The van der Waals surface area contributed by atoms with Crippen molar-refractivity contribution in [3.05, 3.63) is 15.9 Å². The first kappa shape index (κ1) is 14.3. The third-order valence-corrected chi connectivity index (χ3v) is 4.95. The Labute approximate surface area is 115 Å². The molecule has 0 spiro atoms. The summed E-state index contributed by atoms with van der Waals surface area (Å²) >= 11 is 15.6. The molecule has 0 radical (unpaired) electrons. The van der Waals surface area contributed by atoms with Gasteiger partial charge in [-0.2, -0.15) is 5.10 Å². The number of aryl methyl sites for hydroxylation is 2. The zero-order valence-electron chi connectivity index (χ0n) is 9.86. The van der Waals surface area contributed by atoms with E-state index in [1.807, 2.05) is 11.7 Å². The second-order valence-corrected chi connectivity index (χ2v) is 5.77. The smallest absolute Gasteiger partial charge is 0.0766 e. The van der Waals surface area contributed by atoms with Gasteiger partial charge in [0.15, 0.2) is 0 Å². The van der Waals surface area contributed by atoms with Crippen LogP contribution in [-0.2, 0) is 19.9 Å². The van der Waals surface area contributed by atoms with E-state index in [0.717, 1.165) is 23.0 Å². The molecule has 0 aliphatic carbocycles. The maximum Gasteiger partial charge on any atom is 0.0766 e. The third kappa shape index (κ3) is 2.93. The molecule has 0 saturated carbocycles. The molecule has 1 rings (SSSR count). The van der Waals surface area contributed by atoms with Crippen LogP contribution in [0.1, 0.15) is 25.2 Å². The molecule has 0 aliphatic heterocycles. The topological polar surface area (TPSA) is 17.8 Å². The maximum absolute atomic E-state index is 5.97. The van der Waals surface area contributed by atoms with Crippen LogP contribution in [0.25, 0.3) is 0 Å². The van der Waals surface area contributed by atoms with Crippen molar-refractivity contribution in [2.45, 2.75) is 26.7 Å². The lowest BCUT2D eigenvalue weighted by Crippen LogP contribution is -2.25. The molecule has 0 aliphatic rings. The first-order valence-corrected chi connectivity index (χ1v) is 7.15. The molecule has 0 saturated heterocycles. The highest BCUT2D eigenvalue weighted by atomic mass is 79.9. The average Bonchev–Trinajstić information content (AvgIpc) is 2.56. The normalized spacial score (nSPS) is 12.1. The van der Waals surface area contributed by atoms with Crippen LogP contribution in [0.5, 0.6) is 0 Å². The van der Waals surface area contributed by atoms with E-state index in [2.05, 4.69) is 34.9 Å². The van der Waals surface area contributed by atoms with E-state index >= 15 is 0 Å². The number of alkyl halides is 2. The first-order chi connectivity index (χ1) is 7.47. The van der Waals surface area contributed by atoms with Crippen LogP contribution in [0.3, 0.4) is 0 Å². The molecule has 0 fully saturated rings. The van der Waals surface area contributed by atoms with Gasteiger partial charge in [0.2, 0.25) is 0 Å². The van der Waals surface area contributed by atoms with Gasteiger partial charge in [-0.25, -0.2) is 0 Å². The highest BCUT2D eigenvalue weighted by molar-refractivity contribution is 9.10. The minimum Gasteiger partial charge on any atom is -0.271 e. The second kappa shape index (κ2) is 5.74. The number of nitrogens with zero attached hydrogens (tertiary/aromatic N) is 2. The lowest BCUT2D eigenvalue weighted by atomic mass is 9.90. The van der Waals surface area contributed by atoms with Gasteiger partial charge in [-0.15, -0.1) is 23.2 Å². The number of rotatable bonds is 5. The summed E-state index contributed by atoms with van der Waals surface area (Å²) in [6.07, 6.45) is 1.76. The van der Waals surface area contributed by atoms with Crippen LogP contribution >= 0.6 is 39.1 Å². The Hall–Kier alpha value is 0.270. The fourth-order valence-corrected chi connectivity index (χ4v) is 2.78. The molecule has 1 aromatic heterocycles. The lowest BCUT2D eigenvalue weighted by molar-refractivity contribution is 0.410. The minimum atomic E-state index is -0.0789. The number of halogens is 3. The Morgan fingerprint density at radius 2 is 1.94 bits per heavy atom. The van der Waals surface area contributed by atoms with Gasteiger partial charge in [0.1, 0.15) is 0 Å². The standard InChI is InChI=1S/C11H17BrCl2N2/c1-4-8-10(12)9(16(3)15-8)5-11(2,6-13)7-14/h4-7H2,1-3H3. The molecule has 2 nitrogen and oxygen atoms in total. The van der Waals surface area contributed by atoms with E-state index in [0.29, 0.717) is 11.8 Å². The van der Waals surface area contributed by atoms with E-state index in [1.54, 1.807) is 0 Å². The number of hydrogen-bond donors (Lipinski definition) is 0. The van der Waals surface area contributed by atoms with E-state index in [9.17, 15) is 0 Å². The van der Waals surface area contributed by atoms with Crippen LogP contribution in [-0.4, -0.2) is 21.5 Å². The fraction of sp³-hybridized carbons (Fsp3) is 0.727. The number of hydrogen-bond acceptors (Lipinski definition) is 1. The van der Waals surface area contributed by atoms with Gasteiger partial charge in [-0.1, -0.05) is 13.8 Å². The molecule has 0 aromatic carbocycles. The van der Waals surface area contributed by atoms with Gasteiger partial charge in [0, 0.05) is 24.2 Å². The van der Waals surface area contributed by atoms with Gasteiger partial charge in [0.25, 0.3) is 0 Å². The van der Waals surface area contributed by atoms with Gasteiger partial charge in [-0.05, 0) is 28.8 Å². The van der Waals surface area contributed by atoms with E-state index < -0.39 is 0 Å². The SMILES string of the molecule is CCc1nn(C)c(CC(C)(CCl)CCl)c1Br. The van der Waals surface area contributed by atoms with Gasteiger partial charge < -0.3 is 0 Å². The Balaban J connectivity index is 3.01. The monoisotopic (exact) mass is 326 g/mol. The summed E-state index contributed by atoms with van der Waals surface area (Å²) in [5, 5.41) is 4.47. The molecule has 0 atom stereocenters. The summed E-state index contributed by atoms with van der Waals surface area (Å²) in [7, 11) is 1.96. The second-order valence-electron chi connectivity index (χ2n) is 4.44. The van der Waals surface area contributed by atoms with Crippen molar-refractivity contribution in [3.63, 3.8) is 0 Å². The predicted molar refractivity (Wildman–Crippen MR) is 73.5 cm³/mol. The van der Waals surface area contributed by atoms with Crippen LogP contribution in [0.15, 0.2) is 4.47 Å². The molecule has 5 heteroatoms. The quantitative estimate of drug-likeness (QED) is 0.753. The van der Waals surface area contributed by atoms with Crippen molar-refractivity contribution < 1.29 is 0 Å². The lowest BCUT2D eigenvalue weighted by Gasteiger charge is -2.24. The molecule has 92 valence electrons. The van der Waals surface area contributed by atoms with E-state index in [1.165, 1.54) is 5.69 Å². The summed E-state index contributed by atoms with van der Waals surface area (Å²) < 4.78 is 3.01. The number of aromatic nitrogens is 2. The molecule has 0 unspecified atom stereocenters. The minimum absolute atomic E-state index is 0.0789. The molecule has 0 N–H and O–H groups in total. The van der Waals surface area contributed by atoms with Gasteiger partial charge in [-0.3, -0.25) is 4.68 Å². The molecule has 16 heavy (non-hydrogen) atoms. The Bertz CT molecular complexity index is 359. The van der Waals surface area contributed by atoms with Crippen LogP contribution in [0.2, 0.25) is 0 Å². The van der Waals surface area contributed by atoms with Crippen molar-refractivity contribution in [2.75, 3.05) is 11.8 Å². The Kier molecular flexibility index (Phi) is 5.14. The highest BCUT2D eigenvalue weighted by Gasteiger charge is 2.26. The zero-order valence-corrected chi connectivity index (χ0v) is 13.0. The molecule has 0 bridgehead atoms. The summed E-state index contributed by atoms with van der Waals surface area (Å²) in [6, 6.07) is 0. The predicted octanol–water partition coefficient (Wildman–Crippen LogP) is 3.77. The van der Waals surface area contributed by atoms with Crippen LogP contribution < -0.4 is 0 Å². The third-order valence-electron chi connectivity index (χ3n) is 2.74. The molecule has 0 amide bonds. The molecular formula is C11H17BrCl2N2. The van der Waals surface area contributed by atoms with E-state index in [4.69, 9.17) is 23.2 Å². The zero-order chi connectivity index (χ0) is 12.3. The summed E-state index contributed by atoms with van der Waals surface area (Å²) in [4.78, 5) is 0. The van der Waals surface area contributed by atoms with Crippen molar-refractivity contribution in [3.8, 4) is 0 Å². The first-order valence-electron chi connectivity index (χ1n) is 5.29. The molecule has 1 heterocycles. The largest absolute Gasteiger partial charge is 0.271 e. The molecular weight excluding hydrogens is 311 g/mol. The van der Waals surface area contributed by atoms with Crippen molar-refractivity contribution in [1.82, 2.24) is 9.78 Å². The summed E-state index contributed by atoms with van der Waals surface area (Å²) in [6.45, 7) is 4.19. The molecule has 1 aromatic rings. The van der Waals surface area contributed by atoms with Gasteiger partial charge in [0.05, 0.1) is 15.9 Å². The summed E-state index contributed by atoms with van der Waals surface area (Å²) in [5.41, 5.74) is 2.18. The average molecular weight is 328 g/mol. The van der Waals surface area contributed by atoms with Crippen molar-refractivity contribution in [1.29, 1.82) is 0 Å².